The molecule has 0 radical (unpaired) electrons. The monoisotopic (exact) mass is 249 g/mol. The van der Waals surface area contributed by atoms with Gasteiger partial charge < -0.3 is 10.2 Å². The van der Waals surface area contributed by atoms with Crippen molar-refractivity contribution in [3.63, 3.8) is 0 Å². The first-order valence-electron chi connectivity index (χ1n) is 6.27. The van der Waals surface area contributed by atoms with E-state index in [0.29, 0.717) is 19.4 Å². The normalized spacial score (nSPS) is 24.3. The van der Waals surface area contributed by atoms with E-state index >= 15 is 0 Å². The first kappa shape index (κ1) is 13.1. The number of aliphatic hydroxyl groups excluding tert-OH is 1. The number of likely N-dealkylation sites (tertiary alicyclic amines) is 1. The summed E-state index contributed by atoms with van der Waals surface area (Å²) in [5.41, 5.74) is 0.437. The van der Waals surface area contributed by atoms with E-state index in [2.05, 4.69) is 4.90 Å². The van der Waals surface area contributed by atoms with Gasteiger partial charge in [-0.25, -0.2) is 0 Å². The largest absolute Gasteiger partial charge is 0.481 e. The third-order valence-electron chi connectivity index (χ3n) is 3.73. The molecular formula is C14H19NO3. The Labute approximate surface area is 107 Å². The third-order valence-corrected chi connectivity index (χ3v) is 3.73. The van der Waals surface area contributed by atoms with E-state index < -0.39 is 11.4 Å². The van der Waals surface area contributed by atoms with Gasteiger partial charge in [-0.3, -0.25) is 9.69 Å². The number of rotatable bonds is 5. The fourth-order valence-corrected chi connectivity index (χ4v) is 2.63. The lowest BCUT2D eigenvalue weighted by Crippen LogP contribution is -2.35. The molecule has 18 heavy (non-hydrogen) atoms. The highest BCUT2D eigenvalue weighted by Crippen LogP contribution is 2.34. The summed E-state index contributed by atoms with van der Waals surface area (Å²) in [4.78, 5) is 13.5. The average Bonchev–Trinajstić information content (AvgIpc) is 2.76. The van der Waals surface area contributed by atoms with Gasteiger partial charge in [-0.1, -0.05) is 30.3 Å². The molecule has 4 nitrogen and oxygen atoms in total. The quantitative estimate of drug-likeness (QED) is 0.827. The van der Waals surface area contributed by atoms with E-state index in [9.17, 15) is 9.90 Å². The molecule has 1 aliphatic rings. The second-order valence-electron chi connectivity index (χ2n) is 5.01. The molecule has 0 saturated carbocycles. The first-order chi connectivity index (χ1) is 8.66. The summed E-state index contributed by atoms with van der Waals surface area (Å²) in [5, 5.41) is 18.4. The number of carboxylic acid groups (broad SMARTS) is 1. The van der Waals surface area contributed by atoms with Crippen molar-refractivity contribution in [2.45, 2.75) is 19.4 Å². The SMILES string of the molecule is O=C(O)[C@]1(CCO)CCN(Cc2ccccc2)C1. The van der Waals surface area contributed by atoms with Crippen LogP contribution >= 0.6 is 0 Å². The van der Waals surface area contributed by atoms with E-state index in [-0.39, 0.29) is 6.61 Å². The minimum atomic E-state index is -0.785. The number of carbonyl (C=O) groups is 1. The van der Waals surface area contributed by atoms with Crippen LogP contribution in [-0.2, 0) is 11.3 Å². The molecule has 0 unspecified atom stereocenters. The Bertz CT molecular complexity index is 407. The highest BCUT2D eigenvalue weighted by molar-refractivity contribution is 5.75. The number of benzene rings is 1. The molecule has 0 bridgehead atoms. The van der Waals surface area contributed by atoms with Crippen LogP contribution in [0, 0.1) is 5.41 Å². The van der Waals surface area contributed by atoms with Crippen molar-refractivity contribution in [1.82, 2.24) is 4.90 Å². The van der Waals surface area contributed by atoms with Crippen LogP contribution in [0.4, 0.5) is 0 Å². The van der Waals surface area contributed by atoms with Gasteiger partial charge >= 0.3 is 5.97 Å². The Kier molecular flexibility index (Phi) is 3.99. The zero-order valence-electron chi connectivity index (χ0n) is 10.4. The molecule has 1 fully saturated rings. The minimum absolute atomic E-state index is 0.0640. The highest BCUT2D eigenvalue weighted by Gasteiger charge is 2.44. The Hall–Kier alpha value is -1.39. The molecule has 1 aromatic carbocycles. The molecule has 98 valence electrons. The standard InChI is InChI=1S/C14H19NO3/c16-9-7-14(13(17)18)6-8-15(11-14)10-12-4-2-1-3-5-12/h1-5,16H,6-11H2,(H,17,18)/t14-/m0/s1. The molecule has 0 amide bonds. The lowest BCUT2D eigenvalue weighted by atomic mass is 9.84. The molecule has 0 aromatic heterocycles. The third kappa shape index (κ3) is 2.71. The van der Waals surface area contributed by atoms with Gasteiger partial charge in [0.2, 0.25) is 0 Å². The summed E-state index contributed by atoms with van der Waals surface area (Å²) < 4.78 is 0. The van der Waals surface area contributed by atoms with E-state index in [1.807, 2.05) is 30.3 Å². The van der Waals surface area contributed by atoms with Gasteiger partial charge in [-0.2, -0.15) is 0 Å². The zero-order valence-corrected chi connectivity index (χ0v) is 10.4. The molecule has 1 aliphatic heterocycles. The number of carboxylic acids is 1. The van der Waals surface area contributed by atoms with Gasteiger partial charge in [0.05, 0.1) is 5.41 Å². The van der Waals surface area contributed by atoms with Crippen LogP contribution in [0.15, 0.2) is 30.3 Å². The molecule has 1 saturated heterocycles. The number of nitrogens with zero attached hydrogens (tertiary/aromatic N) is 1. The number of aliphatic carboxylic acids is 1. The molecule has 0 aliphatic carbocycles. The highest BCUT2D eigenvalue weighted by atomic mass is 16.4. The Balaban J connectivity index is 2.01. The van der Waals surface area contributed by atoms with Crippen molar-refractivity contribution in [1.29, 1.82) is 0 Å². The van der Waals surface area contributed by atoms with E-state index in [1.165, 1.54) is 5.56 Å². The lowest BCUT2D eigenvalue weighted by molar-refractivity contribution is -0.149. The zero-order chi connectivity index (χ0) is 13.0. The van der Waals surface area contributed by atoms with Crippen LogP contribution in [-0.4, -0.2) is 40.8 Å². The second kappa shape index (κ2) is 5.50. The van der Waals surface area contributed by atoms with Crippen molar-refractivity contribution in [2.75, 3.05) is 19.7 Å². The maximum atomic E-state index is 11.4. The fraction of sp³-hybridized carbons (Fsp3) is 0.500. The van der Waals surface area contributed by atoms with E-state index in [0.717, 1.165) is 13.1 Å². The maximum absolute atomic E-state index is 11.4. The van der Waals surface area contributed by atoms with Crippen LogP contribution in [0.25, 0.3) is 0 Å². The van der Waals surface area contributed by atoms with Crippen LogP contribution in [0.3, 0.4) is 0 Å². The summed E-state index contributed by atoms with van der Waals surface area (Å²) in [6.45, 7) is 2.02. The minimum Gasteiger partial charge on any atom is -0.481 e. The van der Waals surface area contributed by atoms with Gasteiger partial charge in [-0.05, 0) is 24.9 Å². The maximum Gasteiger partial charge on any atom is 0.311 e. The van der Waals surface area contributed by atoms with Gasteiger partial charge in [0.1, 0.15) is 0 Å². The predicted molar refractivity (Wildman–Crippen MR) is 68.1 cm³/mol. The smallest absolute Gasteiger partial charge is 0.311 e. The van der Waals surface area contributed by atoms with Crippen molar-refractivity contribution in [2.24, 2.45) is 5.41 Å². The van der Waals surface area contributed by atoms with Crippen molar-refractivity contribution in [3.05, 3.63) is 35.9 Å². The lowest BCUT2D eigenvalue weighted by Gasteiger charge is -2.24. The summed E-state index contributed by atoms with van der Waals surface area (Å²) in [6, 6.07) is 10.0. The Morgan fingerprint density at radius 2 is 2.06 bits per heavy atom. The average molecular weight is 249 g/mol. The molecule has 2 rings (SSSR count). The Morgan fingerprint density at radius 1 is 1.33 bits per heavy atom. The van der Waals surface area contributed by atoms with E-state index in [4.69, 9.17) is 5.11 Å². The topological polar surface area (TPSA) is 60.8 Å². The fourth-order valence-electron chi connectivity index (χ4n) is 2.63. The van der Waals surface area contributed by atoms with Crippen LogP contribution < -0.4 is 0 Å². The summed E-state index contributed by atoms with van der Waals surface area (Å²) in [7, 11) is 0. The van der Waals surface area contributed by atoms with Gasteiger partial charge in [0, 0.05) is 19.7 Å². The molecule has 1 heterocycles. The van der Waals surface area contributed by atoms with Crippen LogP contribution in [0.5, 0.6) is 0 Å². The number of hydrogen-bond acceptors (Lipinski definition) is 3. The predicted octanol–water partition coefficient (Wildman–Crippen LogP) is 1.35. The molecule has 1 aromatic rings. The number of aliphatic hydroxyl groups is 1. The first-order valence-corrected chi connectivity index (χ1v) is 6.27. The number of hydrogen-bond donors (Lipinski definition) is 2. The van der Waals surface area contributed by atoms with Gasteiger partial charge in [-0.15, -0.1) is 0 Å². The molecule has 4 heteroatoms. The van der Waals surface area contributed by atoms with Crippen LogP contribution in [0.1, 0.15) is 18.4 Å². The van der Waals surface area contributed by atoms with Gasteiger partial charge in [0.15, 0.2) is 0 Å². The molecule has 1 atom stereocenters. The van der Waals surface area contributed by atoms with Crippen molar-refractivity contribution < 1.29 is 15.0 Å². The molecule has 0 spiro atoms. The summed E-state index contributed by atoms with van der Waals surface area (Å²) in [5.74, 6) is -0.785. The summed E-state index contributed by atoms with van der Waals surface area (Å²) in [6.07, 6.45) is 0.962. The van der Waals surface area contributed by atoms with Crippen molar-refractivity contribution in [3.8, 4) is 0 Å². The Morgan fingerprint density at radius 3 is 2.67 bits per heavy atom. The van der Waals surface area contributed by atoms with Crippen molar-refractivity contribution >= 4 is 5.97 Å². The molecule has 2 N–H and O–H groups in total. The summed E-state index contributed by atoms with van der Waals surface area (Å²) >= 11 is 0. The van der Waals surface area contributed by atoms with Crippen LogP contribution in [0.2, 0.25) is 0 Å². The second-order valence-corrected chi connectivity index (χ2v) is 5.01. The van der Waals surface area contributed by atoms with E-state index in [1.54, 1.807) is 0 Å². The molecular weight excluding hydrogens is 230 g/mol. The van der Waals surface area contributed by atoms with Gasteiger partial charge in [0.25, 0.3) is 0 Å².